The third kappa shape index (κ3) is 4.99. The standard InChI is InChI=1S/C24H21F3O2/c1-3-12-29-24-11-9-19(15-22(24)27)18-8-7-17(20(25)14-18)6-4-16-5-10-23(28-2)21(26)13-16/h4-11,13-15H,3,12H2,1-2H3. The van der Waals surface area contributed by atoms with Crippen LogP contribution < -0.4 is 9.47 Å². The number of ether oxygens (including phenoxy) is 2. The zero-order chi connectivity index (χ0) is 20.8. The Morgan fingerprint density at radius 1 is 0.759 bits per heavy atom. The first-order valence-electron chi connectivity index (χ1n) is 9.25. The Bertz CT molecular complexity index is 1030. The van der Waals surface area contributed by atoms with Gasteiger partial charge in [0, 0.05) is 5.56 Å². The lowest BCUT2D eigenvalue weighted by molar-refractivity contribution is 0.301. The molecule has 150 valence electrons. The zero-order valence-corrected chi connectivity index (χ0v) is 16.2. The van der Waals surface area contributed by atoms with E-state index in [2.05, 4.69) is 0 Å². The van der Waals surface area contributed by atoms with E-state index in [1.807, 2.05) is 6.92 Å². The minimum absolute atomic E-state index is 0.149. The molecular formula is C24H21F3O2. The Balaban J connectivity index is 1.80. The molecule has 2 nitrogen and oxygen atoms in total. The second-order valence-electron chi connectivity index (χ2n) is 6.46. The van der Waals surface area contributed by atoms with E-state index < -0.39 is 17.5 Å². The fraction of sp³-hybridized carbons (Fsp3) is 0.167. The summed E-state index contributed by atoms with van der Waals surface area (Å²) >= 11 is 0. The highest BCUT2D eigenvalue weighted by molar-refractivity contribution is 5.73. The summed E-state index contributed by atoms with van der Waals surface area (Å²) in [6.07, 6.45) is 3.95. The highest BCUT2D eigenvalue weighted by Crippen LogP contribution is 2.28. The van der Waals surface area contributed by atoms with Crippen LogP contribution in [-0.2, 0) is 0 Å². The van der Waals surface area contributed by atoms with Gasteiger partial charge in [-0.2, -0.15) is 0 Å². The highest BCUT2D eigenvalue weighted by atomic mass is 19.1. The van der Waals surface area contributed by atoms with Crippen LogP contribution in [0, 0.1) is 17.5 Å². The van der Waals surface area contributed by atoms with Gasteiger partial charge < -0.3 is 9.47 Å². The second kappa shape index (κ2) is 9.32. The predicted octanol–water partition coefficient (Wildman–Crippen LogP) is 6.74. The van der Waals surface area contributed by atoms with Crippen molar-refractivity contribution in [1.29, 1.82) is 0 Å². The molecule has 29 heavy (non-hydrogen) atoms. The summed E-state index contributed by atoms with van der Waals surface area (Å²) in [4.78, 5) is 0. The van der Waals surface area contributed by atoms with Crippen molar-refractivity contribution in [2.75, 3.05) is 13.7 Å². The van der Waals surface area contributed by atoms with Crippen LogP contribution in [0.25, 0.3) is 23.3 Å². The van der Waals surface area contributed by atoms with Crippen molar-refractivity contribution in [3.05, 3.63) is 83.2 Å². The molecule has 0 atom stereocenters. The smallest absolute Gasteiger partial charge is 0.165 e. The molecule has 0 saturated carbocycles. The van der Waals surface area contributed by atoms with E-state index in [9.17, 15) is 13.2 Å². The molecule has 0 bridgehead atoms. The van der Waals surface area contributed by atoms with E-state index in [1.165, 1.54) is 31.4 Å². The van der Waals surface area contributed by atoms with E-state index in [1.54, 1.807) is 42.5 Å². The summed E-state index contributed by atoms with van der Waals surface area (Å²) in [6.45, 7) is 2.38. The number of benzene rings is 3. The first-order chi connectivity index (χ1) is 14.0. The van der Waals surface area contributed by atoms with Gasteiger partial charge in [-0.1, -0.05) is 43.3 Å². The van der Waals surface area contributed by atoms with Crippen molar-refractivity contribution >= 4 is 12.2 Å². The van der Waals surface area contributed by atoms with Crippen LogP contribution in [0.4, 0.5) is 13.2 Å². The van der Waals surface area contributed by atoms with Crippen LogP contribution in [0.15, 0.2) is 54.6 Å². The molecule has 0 amide bonds. The maximum atomic E-state index is 14.5. The number of hydrogen-bond donors (Lipinski definition) is 0. The molecule has 0 heterocycles. The summed E-state index contributed by atoms with van der Waals surface area (Å²) in [5.74, 6) is -1.10. The largest absolute Gasteiger partial charge is 0.494 e. The molecule has 0 aliphatic heterocycles. The van der Waals surface area contributed by atoms with Gasteiger partial charge in [0.15, 0.2) is 23.1 Å². The molecule has 0 aromatic heterocycles. The topological polar surface area (TPSA) is 18.5 Å². The lowest BCUT2D eigenvalue weighted by Crippen LogP contribution is -1.97. The summed E-state index contributed by atoms with van der Waals surface area (Å²) in [7, 11) is 1.39. The number of rotatable bonds is 7. The summed E-state index contributed by atoms with van der Waals surface area (Å²) in [5, 5.41) is 0. The molecule has 0 unspecified atom stereocenters. The third-order valence-corrected chi connectivity index (χ3v) is 4.36. The molecule has 0 radical (unpaired) electrons. The van der Waals surface area contributed by atoms with Crippen molar-refractivity contribution in [3.8, 4) is 22.6 Å². The Morgan fingerprint density at radius 2 is 1.41 bits per heavy atom. The van der Waals surface area contributed by atoms with Crippen molar-refractivity contribution in [3.63, 3.8) is 0 Å². The Kier molecular flexibility index (Phi) is 6.60. The molecule has 0 aliphatic rings. The van der Waals surface area contributed by atoms with Crippen LogP contribution in [0.2, 0.25) is 0 Å². The van der Waals surface area contributed by atoms with Crippen LogP contribution in [0.3, 0.4) is 0 Å². The third-order valence-electron chi connectivity index (χ3n) is 4.36. The molecule has 3 aromatic rings. The van der Waals surface area contributed by atoms with Crippen LogP contribution in [-0.4, -0.2) is 13.7 Å². The van der Waals surface area contributed by atoms with E-state index in [4.69, 9.17) is 9.47 Å². The maximum absolute atomic E-state index is 14.5. The predicted molar refractivity (Wildman–Crippen MR) is 109 cm³/mol. The number of hydrogen-bond acceptors (Lipinski definition) is 2. The molecule has 3 rings (SSSR count). The summed E-state index contributed by atoms with van der Waals surface area (Å²) in [6, 6.07) is 13.7. The van der Waals surface area contributed by atoms with Crippen LogP contribution in [0.1, 0.15) is 24.5 Å². The minimum Gasteiger partial charge on any atom is -0.494 e. The van der Waals surface area contributed by atoms with Crippen molar-refractivity contribution < 1.29 is 22.6 Å². The summed E-state index contributed by atoms with van der Waals surface area (Å²) < 4.78 is 52.6. The average Bonchev–Trinajstić information content (AvgIpc) is 2.72. The van der Waals surface area contributed by atoms with Crippen molar-refractivity contribution in [2.24, 2.45) is 0 Å². The van der Waals surface area contributed by atoms with Gasteiger partial charge in [0.05, 0.1) is 13.7 Å². The van der Waals surface area contributed by atoms with Gasteiger partial charge in [-0.05, 0) is 53.4 Å². The Hall–Kier alpha value is -3.21. The first kappa shape index (κ1) is 20.5. The molecule has 0 fully saturated rings. The fourth-order valence-electron chi connectivity index (χ4n) is 2.82. The molecule has 3 aromatic carbocycles. The second-order valence-corrected chi connectivity index (χ2v) is 6.46. The van der Waals surface area contributed by atoms with E-state index in [-0.39, 0.29) is 11.5 Å². The number of methoxy groups -OCH3 is 1. The monoisotopic (exact) mass is 398 g/mol. The highest BCUT2D eigenvalue weighted by Gasteiger charge is 2.08. The van der Waals surface area contributed by atoms with E-state index in [0.29, 0.717) is 28.9 Å². The normalized spacial score (nSPS) is 11.1. The fourth-order valence-corrected chi connectivity index (χ4v) is 2.82. The van der Waals surface area contributed by atoms with Gasteiger partial charge >= 0.3 is 0 Å². The average molecular weight is 398 g/mol. The zero-order valence-electron chi connectivity index (χ0n) is 16.2. The van der Waals surface area contributed by atoms with Gasteiger partial charge in [0.1, 0.15) is 5.82 Å². The van der Waals surface area contributed by atoms with E-state index in [0.717, 1.165) is 6.42 Å². The lowest BCUT2D eigenvalue weighted by Gasteiger charge is -2.09. The summed E-state index contributed by atoms with van der Waals surface area (Å²) in [5.41, 5.74) is 2.03. The van der Waals surface area contributed by atoms with E-state index >= 15 is 0 Å². The quantitative estimate of drug-likeness (QED) is 0.410. The first-order valence-corrected chi connectivity index (χ1v) is 9.25. The Labute approximate surface area is 168 Å². The van der Waals surface area contributed by atoms with Crippen LogP contribution in [0.5, 0.6) is 11.5 Å². The molecule has 0 saturated heterocycles. The number of halogens is 3. The molecule has 0 spiro atoms. The van der Waals surface area contributed by atoms with Gasteiger partial charge in [0.25, 0.3) is 0 Å². The minimum atomic E-state index is -0.487. The van der Waals surface area contributed by atoms with Gasteiger partial charge in [-0.3, -0.25) is 0 Å². The van der Waals surface area contributed by atoms with Crippen LogP contribution >= 0.6 is 0 Å². The molecule has 5 heteroatoms. The molecular weight excluding hydrogens is 377 g/mol. The Morgan fingerprint density at radius 3 is 2.03 bits per heavy atom. The lowest BCUT2D eigenvalue weighted by atomic mass is 10.0. The SMILES string of the molecule is CCCOc1ccc(-c2ccc(C=Cc3ccc(OC)c(F)c3)c(F)c2)cc1F. The molecule has 0 aliphatic carbocycles. The van der Waals surface area contributed by atoms with Crippen molar-refractivity contribution in [2.45, 2.75) is 13.3 Å². The van der Waals surface area contributed by atoms with Gasteiger partial charge in [-0.15, -0.1) is 0 Å². The van der Waals surface area contributed by atoms with Crippen molar-refractivity contribution in [1.82, 2.24) is 0 Å². The van der Waals surface area contributed by atoms with Gasteiger partial charge in [-0.25, -0.2) is 13.2 Å². The molecule has 0 N–H and O–H groups in total. The van der Waals surface area contributed by atoms with Gasteiger partial charge in [0.2, 0.25) is 0 Å². The maximum Gasteiger partial charge on any atom is 0.165 e.